The number of halogens is 2. The largest absolute Gasteiger partial charge is 0.434 e. The number of urea groups is 1. The number of anilines is 1. The molecule has 128 valence electrons. The molecule has 1 fully saturated rings. The van der Waals surface area contributed by atoms with E-state index in [4.69, 9.17) is 0 Å². The van der Waals surface area contributed by atoms with Crippen molar-refractivity contribution in [1.29, 1.82) is 0 Å². The number of hydrogen-bond donors (Lipinski definition) is 1. The van der Waals surface area contributed by atoms with Gasteiger partial charge in [-0.05, 0) is 32.9 Å². The van der Waals surface area contributed by atoms with Crippen LogP contribution in [0.15, 0.2) is 18.2 Å². The molecule has 1 heterocycles. The lowest BCUT2D eigenvalue weighted by atomic mass is 10.1. The highest BCUT2D eigenvalue weighted by Crippen LogP contribution is 2.27. The molecular weight excluding hydrogens is 326 g/mol. The number of hydrogen-bond acceptors (Lipinski definition) is 3. The van der Waals surface area contributed by atoms with Crippen LogP contribution in [-0.2, 0) is 10.8 Å². The lowest BCUT2D eigenvalue weighted by molar-refractivity contribution is -0.0502. The highest BCUT2D eigenvalue weighted by molar-refractivity contribution is 7.86. The number of amides is 2. The van der Waals surface area contributed by atoms with E-state index >= 15 is 0 Å². The first-order valence-electron chi connectivity index (χ1n) is 7.19. The number of rotatable bonds is 3. The lowest BCUT2D eigenvalue weighted by Crippen LogP contribution is -2.53. The van der Waals surface area contributed by atoms with E-state index in [1.165, 1.54) is 12.1 Å². The molecule has 0 spiro atoms. The number of carbonyl (C=O) groups is 1. The van der Waals surface area contributed by atoms with Crippen molar-refractivity contribution in [1.82, 2.24) is 4.90 Å². The summed E-state index contributed by atoms with van der Waals surface area (Å²) in [6.45, 7) is 3.15. The zero-order valence-corrected chi connectivity index (χ0v) is 14.1. The average molecular weight is 346 g/mol. The van der Waals surface area contributed by atoms with Gasteiger partial charge in [0.15, 0.2) is 0 Å². The molecule has 0 aliphatic carbocycles. The second kappa shape index (κ2) is 6.82. The van der Waals surface area contributed by atoms with Crippen LogP contribution in [0.4, 0.5) is 19.3 Å². The lowest BCUT2D eigenvalue weighted by Gasteiger charge is -2.37. The Labute approximate surface area is 136 Å². The molecule has 0 aromatic heterocycles. The monoisotopic (exact) mass is 346 g/mol. The molecule has 1 aliphatic heterocycles. The van der Waals surface area contributed by atoms with Crippen molar-refractivity contribution in [2.75, 3.05) is 24.2 Å². The van der Waals surface area contributed by atoms with Gasteiger partial charge < -0.3 is 15.0 Å². The van der Waals surface area contributed by atoms with Crippen LogP contribution in [-0.4, -0.2) is 45.3 Å². The van der Waals surface area contributed by atoms with Crippen molar-refractivity contribution >= 4 is 22.5 Å². The van der Waals surface area contributed by atoms with Gasteiger partial charge in [0.05, 0.1) is 4.75 Å². The minimum atomic E-state index is -2.92. The summed E-state index contributed by atoms with van der Waals surface area (Å²) in [4.78, 5) is 14.0. The first kappa shape index (κ1) is 17.7. The molecule has 1 aromatic carbocycles. The van der Waals surface area contributed by atoms with Gasteiger partial charge in [-0.25, -0.2) is 4.79 Å². The number of carbonyl (C=O) groups excluding carboxylic acids is 1. The quantitative estimate of drug-likeness (QED) is 0.915. The van der Waals surface area contributed by atoms with Gasteiger partial charge in [0.1, 0.15) is 5.75 Å². The first-order valence-corrected chi connectivity index (χ1v) is 8.51. The van der Waals surface area contributed by atoms with Crippen LogP contribution in [0.25, 0.3) is 0 Å². The summed E-state index contributed by atoms with van der Waals surface area (Å²) < 4.78 is 40.6. The summed E-state index contributed by atoms with van der Waals surface area (Å²) in [5.74, 6) is 0.450. The van der Waals surface area contributed by atoms with E-state index in [0.717, 1.165) is 0 Å². The summed E-state index contributed by atoms with van der Waals surface area (Å²) in [5, 5.41) is 2.71. The van der Waals surface area contributed by atoms with Crippen molar-refractivity contribution < 1.29 is 22.5 Å². The van der Waals surface area contributed by atoms with Crippen LogP contribution in [0.3, 0.4) is 0 Å². The van der Waals surface area contributed by atoms with Crippen LogP contribution in [0.2, 0.25) is 0 Å². The molecule has 2 amide bonds. The second-order valence-electron chi connectivity index (χ2n) is 5.97. The van der Waals surface area contributed by atoms with Gasteiger partial charge in [0.2, 0.25) is 0 Å². The van der Waals surface area contributed by atoms with Crippen LogP contribution in [0, 0.1) is 6.92 Å². The van der Waals surface area contributed by atoms with Crippen molar-refractivity contribution in [3.63, 3.8) is 0 Å². The van der Waals surface area contributed by atoms with Gasteiger partial charge >= 0.3 is 12.6 Å². The number of nitrogens with zero attached hydrogens (tertiary/aromatic N) is 1. The normalized spacial score (nSPS) is 20.4. The average Bonchev–Trinajstić information content (AvgIpc) is 2.45. The van der Waals surface area contributed by atoms with E-state index in [9.17, 15) is 17.8 Å². The Balaban J connectivity index is 2.10. The SMILES string of the molecule is Cc1c(NC(=O)N2CCS(=O)C(C)(C)C2)cccc1OC(F)F. The maximum Gasteiger partial charge on any atom is 0.387 e. The van der Waals surface area contributed by atoms with Gasteiger partial charge in [-0.15, -0.1) is 0 Å². The molecule has 0 radical (unpaired) electrons. The Hall–Kier alpha value is -1.70. The highest BCUT2D eigenvalue weighted by Gasteiger charge is 2.35. The van der Waals surface area contributed by atoms with Gasteiger partial charge in [-0.3, -0.25) is 4.21 Å². The van der Waals surface area contributed by atoms with Crippen LogP contribution >= 0.6 is 0 Å². The maximum absolute atomic E-state index is 12.4. The first-order chi connectivity index (χ1) is 10.7. The highest BCUT2D eigenvalue weighted by atomic mass is 32.2. The summed E-state index contributed by atoms with van der Waals surface area (Å²) in [6, 6.07) is 4.24. The van der Waals surface area contributed by atoms with Crippen LogP contribution < -0.4 is 10.1 Å². The van der Waals surface area contributed by atoms with E-state index in [0.29, 0.717) is 30.1 Å². The molecule has 1 saturated heterocycles. The molecule has 1 aromatic rings. The summed E-state index contributed by atoms with van der Waals surface area (Å²) in [5.41, 5.74) is 0.846. The Bertz CT molecular complexity index is 623. The van der Waals surface area contributed by atoms with Gasteiger partial charge in [0.25, 0.3) is 0 Å². The molecule has 1 N–H and O–H groups in total. The predicted molar refractivity (Wildman–Crippen MR) is 85.5 cm³/mol. The Morgan fingerprint density at radius 1 is 1.43 bits per heavy atom. The smallest absolute Gasteiger partial charge is 0.387 e. The second-order valence-corrected chi connectivity index (χ2v) is 8.17. The predicted octanol–water partition coefficient (Wildman–Crippen LogP) is 2.97. The standard InChI is InChI=1S/C15H20F2N2O3S/c1-10-11(5-4-6-12(10)22-13(16)17)18-14(20)19-7-8-23(21)15(2,3)9-19/h4-6,13H,7-9H2,1-3H3,(H,18,20). The zero-order valence-electron chi connectivity index (χ0n) is 13.3. The minimum absolute atomic E-state index is 0.0258. The van der Waals surface area contributed by atoms with Gasteiger partial charge in [-0.2, -0.15) is 8.78 Å². The number of ether oxygens (including phenoxy) is 1. The van der Waals surface area contributed by atoms with Crippen molar-refractivity contribution in [3.8, 4) is 5.75 Å². The summed E-state index contributed by atoms with van der Waals surface area (Å²) in [7, 11) is -0.974. The van der Waals surface area contributed by atoms with Crippen molar-refractivity contribution in [2.24, 2.45) is 0 Å². The maximum atomic E-state index is 12.4. The molecule has 8 heteroatoms. The number of benzene rings is 1. The third-order valence-electron chi connectivity index (χ3n) is 3.76. The molecule has 23 heavy (non-hydrogen) atoms. The van der Waals surface area contributed by atoms with Crippen molar-refractivity contribution in [3.05, 3.63) is 23.8 Å². The van der Waals surface area contributed by atoms with Gasteiger partial charge in [0, 0.05) is 40.9 Å². The topological polar surface area (TPSA) is 58.6 Å². The van der Waals surface area contributed by atoms with E-state index in [2.05, 4.69) is 10.1 Å². The Morgan fingerprint density at radius 2 is 2.13 bits per heavy atom. The van der Waals surface area contributed by atoms with Crippen LogP contribution in [0.1, 0.15) is 19.4 Å². The number of alkyl halides is 2. The summed E-state index contributed by atoms with van der Waals surface area (Å²) in [6.07, 6.45) is 0. The molecule has 5 nitrogen and oxygen atoms in total. The molecule has 2 rings (SSSR count). The number of nitrogens with one attached hydrogen (secondary N) is 1. The minimum Gasteiger partial charge on any atom is -0.434 e. The molecule has 0 saturated carbocycles. The molecule has 1 unspecified atom stereocenters. The molecular formula is C15H20F2N2O3S. The van der Waals surface area contributed by atoms with Crippen LogP contribution in [0.5, 0.6) is 5.75 Å². The third-order valence-corrected chi connectivity index (χ3v) is 5.68. The summed E-state index contributed by atoms with van der Waals surface area (Å²) >= 11 is 0. The Kier molecular flexibility index (Phi) is 5.23. The molecule has 1 aliphatic rings. The van der Waals surface area contributed by atoms with E-state index < -0.39 is 22.2 Å². The molecule has 0 bridgehead atoms. The fourth-order valence-corrected chi connectivity index (χ4v) is 3.66. The third kappa shape index (κ3) is 4.19. The fourth-order valence-electron chi connectivity index (χ4n) is 2.42. The Morgan fingerprint density at radius 3 is 2.74 bits per heavy atom. The fraction of sp³-hybridized carbons (Fsp3) is 0.533. The van der Waals surface area contributed by atoms with E-state index in [1.54, 1.807) is 17.9 Å². The molecule has 1 atom stereocenters. The van der Waals surface area contributed by atoms with E-state index in [-0.39, 0.29) is 11.8 Å². The van der Waals surface area contributed by atoms with Crippen molar-refractivity contribution in [2.45, 2.75) is 32.1 Å². The zero-order chi connectivity index (χ0) is 17.2. The van der Waals surface area contributed by atoms with E-state index in [1.807, 2.05) is 13.8 Å². The van der Waals surface area contributed by atoms with Gasteiger partial charge in [-0.1, -0.05) is 6.07 Å².